The Hall–Kier alpha value is -5.87. The number of nitrogens with one attached hydrogen (secondary N) is 4. The number of hydrogen-bond donors (Lipinski definition) is 5. The summed E-state index contributed by atoms with van der Waals surface area (Å²) in [6.07, 6.45) is 4.60. The molecule has 0 saturated heterocycles. The third kappa shape index (κ3) is 11.1. The van der Waals surface area contributed by atoms with E-state index in [9.17, 15) is 19.2 Å². The molecular formula is C46H58N8O7S. The fraction of sp³-hybridized carbons (Fsp3) is 0.435. The maximum absolute atomic E-state index is 14.0. The van der Waals surface area contributed by atoms with Crippen molar-refractivity contribution in [2.75, 3.05) is 46.8 Å². The fourth-order valence-corrected chi connectivity index (χ4v) is 7.66. The van der Waals surface area contributed by atoms with Gasteiger partial charge in [-0.25, -0.2) is 19.6 Å². The normalized spacial score (nSPS) is 14.5. The zero-order valence-corrected chi connectivity index (χ0v) is 37.4. The average molecular weight is 867 g/mol. The van der Waals surface area contributed by atoms with Gasteiger partial charge < -0.3 is 44.6 Å². The lowest BCUT2D eigenvalue weighted by Gasteiger charge is -2.35. The van der Waals surface area contributed by atoms with Crippen LogP contribution in [0.2, 0.25) is 0 Å². The predicted octanol–water partition coefficient (Wildman–Crippen LogP) is 7.38. The van der Waals surface area contributed by atoms with Crippen molar-refractivity contribution in [1.82, 2.24) is 40.4 Å². The summed E-state index contributed by atoms with van der Waals surface area (Å²) < 4.78 is 14.7. The molecule has 16 heteroatoms. The van der Waals surface area contributed by atoms with Gasteiger partial charge in [0.2, 0.25) is 11.8 Å². The minimum Gasteiger partial charge on any atom is -0.453 e. The van der Waals surface area contributed by atoms with Crippen LogP contribution in [-0.4, -0.2) is 113 Å². The summed E-state index contributed by atoms with van der Waals surface area (Å²) >= 11 is 4.35. The van der Waals surface area contributed by atoms with Crippen molar-refractivity contribution < 1.29 is 33.4 Å². The van der Waals surface area contributed by atoms with Crippen molar-refractivity contribution in [3.8, 4) is 33.6 Å². The molecule has 0 aliphatic heterocycles. The number of fused-ring (bicyclic) bond motifs is 1. The molecule has 0 radical (unpaired) electrons. The molecule has 3 aromatic carbocycles. The van der Waals surface area contributed by atoms with E-state index in [1.54, 1.807) is 11.1 Å². The number of rotatable bonds is 19. The molecule has 15 nitrogen and oxygen atoms in total. The van der Waals surface area contributed by atoms with E-state index in [-0.39, 0.29) is 48.8 Å². The highest BCUT2D eigenvalue weighted by Crippen LogP contribution is 2.46. The molecule has 0 unspecified atom stereocenters. The van der Waals surface area contributed by atoms with Gasteiger partial charge in [0.25, 0.3) is 0 Å². The fourth-order valence-electron chi connectivity index (χ4n) is 7.42. The number of ether oxygens (including phenoxy) is 3. The molecule has 1 saturated carbocycles. The Kier molecular flexibility index (Phi) is 15.0. The number of benzene rings is 3. The minimum absolute atomic E-state index is 0.0389. The topological polar surface area (TPSA) is 184 Å². The lowest BCUT2D eigenvalue weighted by molar-refractivity contribution is -0.138. The monoisotopic (exact) mass is 866 g/mol. The number of nitrogens with zero attached hydrogens (tertiary/aromatic N) is 4. The van der Waals surface area contributed by atoms with Gasteiger partial charge in [-0.1, -0.05) is 69.3 Å². The number of imidazole rings is 2. The lowest BCUT2D eigenvalue weighted by Crippen LogP contribution is -2.53. The Morgan fingerprint density at radius 3 is 2.02 bits per heavy atom. The third-order valence-electron chi connectivity index (χ3n) is 11.5. The van der Waals surface area contributed by atoms with Crippen molar-refractivity contribution >= 4 is 47.4 Å². The van der Waals surface area contributed by atoms with Gasteiger partial charge in [-0.3, -0.25) is 9.59 Å². The predicted molar refractivity (Wildman–Crippen MR) is 241 cm³/mol. The molecular weight excluding hydrogens is 809 g/mol. The molecule has 1 fully saturated rings. The summed E-state index contributed by atoms with van der Waals surface area (Å²) in [5.41, 5.74) is 5.73. The molecule has 4 amide bonds. The molecule has 1 aliphatic rings. The van der Waals surface area contributed by atoms with Gasteiger partial charge in [0.05, 0.1) is 50.6 Å². The molecule has 62 heavy (non-hydrogen) atoms. The number of H-pyrrole nitrogens is 2. The van der Waals surface area contributed by atoms with E-state index in [1.165, 1.54) is 21.3 Å². The number of carbonyl (C=O) groups excluding carboxylic acids is 4. The van der Waals surface area contributed by atoms with Crippen LogP contribution in [-0.2, 0) is 30.3 Å². The lowest BCUT2D eigenvalue weighted by atomic mass is 9.98. The summed E-state index contributed by atoms with van der Waals surface area (Å²) in [5.74, 6) is 1.13. The number of aromatic amines is 2. The maximum Gasteiger partial charge on any atom is 0.407 e. The van der Waals surface area contributed by atoms with Crippen molar-refractivity contribution in [3.63, 3.8) is 0 Å². The van der Waals surface area contributed by atoms with Crippen LogP contribution < -0.4 is 10.6 Å². The first-order valence-electron chi connectivity index (χ1n) is 20.9. The zero-order chi connectivity index (χ0) is 44.6. The summed E-state index contributed by atoms with van der Waals surface area (Å²) in [6.45, 7) is 9.39. The quantitative estimate of drug-likeness (QED) is 0.0529. The number of aromatic nitrogens is 4. The first-order valence-corrected chi connectivity index (χ1v) is 21.5. The van der Waals surface area contributed by atoms with E-state index < -0.39 is 24.3 Å². The SMILES string of the molecule is COCC[C@H](NC(=O)OC)C(=O)N(CCS)Cc1ncc(-c2ccc(-c3ccc4cc(-c5cnc([C@H](C)N(CC6(C)CC6)C(=O)[C@@H](NC(=O)OC)C(C)C)[nH]5)ccc4c3)cc2)[nH]1. The molecule has 1 aliphatic carbocycles. The third-order valence-corrected chi connectivity index (χ3v) is 11.7. The Bertz CT molecular complexity index is 2340. The molecule has 0 bridgehead atoms. The van der Waals surface area contributed by atoms with Crippen LogP contribution in [0.4, 0.5) is 9.59 Å². The van der Waals surface area contributed by atoms with Crippen molar-refractivity contribution in [1.29, 1.82) is 0 Å². The van der Waals surface area contributed by atoms with Crippen molar-refractivity contribution in [2.24, 2.45) is 11.3 Å². The number of thiol groups is 1. The van der Waals surface area contributed by atoms with Gasteiger partial charge in [-0.05, 0) is 70.7 Å². The Morgan fingerprint density at radius 1 is 0.790 bits per heavy atom. The molecule has 3 atom stereocenters. The molecule has 2 aromatic heterocycles. The first-order chi connectivity index (χ1) is 29.8. The van der Waals surface area contributed by atoms with E-state index in [2.05, 4.69) is 93.7 Å². The number of alkyl carbamates (subject to hydrolysis) is 2. The molecule has 0 spiro atoms. The largest absolute Gasteiger partial charge is 0.453 e. The average Bonchev–Trinajstić information content (AvgIpc) is 3.59. The van der Waals surface area contributed by atoms with E-state index in [1.807, 2.05) is 44.0 Å². The van der Waals surface area contributed by atoms with Gasteiger partial charge in [-0.2, -0.15) is 12.6 Å². The second-order valence-electron chi connectivity index (χ2n) is 16.5. The van der Waals surface area contributed by atoms with Crippen LogP contribution >= 0.6 is 12.6 Å². The van der Waals surface area contributed by atoms with Gasteiger partial charge in [-0.15, -0.1) is 0 Å². The Labute approximate surface area is 368 Å². The molecule has 330 valence electrons. The number of carbonyl (C=O) groups is 4. The summed E-state index contributed by atoms with van der Waals surface area (Å²) in [6, 6.07) is 19.0. The zero-order valence-electron chi connectivity index (χ0n) is 36.5. The van der Waals surface area contributed by atoms with Crippen LogP contribution in [0.25, 0.3) is 44.4 Å². The van der Waals surface area contributed by atoms with E-state index in [0.29, 0.717) is 30.5 Å². The molecule has 4 N–H and O–H groups in total. The second-order valence-corrected chi connectivity index (χ2v) is 17.0. The molecule has 2 heterocycles. The molecule has 5 aromatic rings. The summed E-state index contributed by atoms with van der Waals surface area (Å²) in [5, 5.41) is 7.50. The van der Waals surface area contributed by atoms with Crippen LogP contribution in [0.1, 0.15) is 64.6 Å². The standard InChI is InChI=1S/C46H58N8O7S/c1-28(2)40(52-45(58)61-7)43(56)54(27-46(4)17-18-46)29(3)41-48-25-38(50-41)35-15-14-33-22-32(12-13-34(33)23-35)30-8-10-31(11-9-30)37-24-47-39(49-37)26-53(19-21-62)42(55)36(16-20-59-5)51-44(57)60-6/h8-15,22-25,28-29,36,40,62H,16-21,26-27H2,1-7H3,(H,47,49)(H,48,50)(H,51,57)(H,52,58)/t29-,36-,40-/m0/s1. The summed E-state index contributed by atoms with van der Waals surface area (Å²) in [4.78, 5) is 71.2. The van der Waals surface area contributed by atoms with Crippen LogP contribution in [0, 0.1) is 11.3 Å². The van der Waals surface area contributed by atoms with Gasteiger partial charge in [0.1, 0.15) is 23.7 Å². The Balaban J connectivity index is 1.14. The van der Waals surface area contributed by atoms with Crippen LogP contribution in [0.15, 0.2) is 73.1 Å². The maximum atomic E-state index is 14.0. The molecule has 6 rings (SSSR count). The van der Waals surface area contributed by atoms with Crippen molar-refractivity contribution in [2.45, 2.75) is 71.6 Å². The van der Waals surface area contributed by atoms with Crippen LogP contribution in [0.5, 0.6) is 0 Å². The highest BCUT2D eigenvalue weighted by atomic mass is 32.1. The number of amides is 4. The van der Waals surface area contributed by atoms with E-state index in [0.717, 1.165) is 57.3 Å². The second kappa shape index (κ2) is 20.3. The van der Waals surface area contributed by atoms with E-state index in [4.69, 9.17) is 19.2 Å². The van der Waals surface area contributed by atoms with Gasteiger partial charge in [0, 0.05) is 44.5 Å². The highest BCUT2D eigenvalue weighted by Gasteiger charge is 2.43. The minimum atomic E-state index is -0.819. The number of hydrogen-bond acceptors (Lipinski definition) is 10. The van der Waals surface area contributed by atoms with Gasteiger partial charge in [0.15, 0.2) is 0 Å². The first kappa shape index (κ1) is 45.7. The van der Waals surface area contributed by atoms with Crippen molar-refractivity contribution in [3.05, 3.63) is 84.7 Å². The number of methoxy groups -OCH3 is 3. The smallest absolute Gasteiger partial charge is 0.407 e. The summed E-state index contributed by atoms with van der Waals surface area (Å²) in [7, 11) is 4.09. The van der Waals surface area contributed by atoms with Gasteiger partial charge >= 0.3 is 12.2 Å². The van der Waals surface area contributed by atoms with E-state index >= 15 is 0 Å². The Morgan fingerprint density at radius 2 is 1.39 bits per heavy atom. The van der Waals surface area contributed by atoms with Crippen LogP contribution in [0.3, 0.4) is 0 Å². The highest BCUT2D eigenvalue weighted by molar-refractivity contribution is 7.80.